The largest absolute Gasteiger partial charge is 0.394 e. The third-order valence-corrected chi connectivity index (χ3v) is 2.44. The van der Waals surface area contributed by atoms with Gasteiger partial charge in [0.2, 0.25) is 0 Å². The molecule has 0 spiro atoms. The van der Waals surface area contributed by atoms with Gasteiger partial charge in [-0.25, -0.2) is 0 Å². The summed E-state index contributed by atoms with van der Waals surface area (Å²) in [7, 11) is 0. The fourth-order valence-electron chi connectivity index (χ4n) is 1.44. The molecule has 2 nitrogen and oxygen atoms in total. The lowest BCUT2D eigenvalue weighted by Gasteiger charge is -2.30. The van der Waals surface area contributed by atoms with Crippen molar-refractivity contribution in [3.8, 4) is 0 Å². The monoisotopic (exact) mass is 226 g/mol. The minimum atomic E-state index is -4.18. The molecule has 2 N–H and O–H groups in total. The predicted molar refractivity (Wildman–Crippen MR) is 55.6 cm³/mol. The van der Waals surface area contributed by atoms with Gasteiger partial charge in [-0.15, -0.1) is 0 Å². The SMILES string of the molecule is CCCN(CC(CN)C(F)(F)F)C(C)C. The maximum atomic E-state index is 12.5. The first kappa shape index (κ1) is 14.7. The van der Waals surface area contributed by atoms with Gasteiger partial charge in [-0.05, 0) is 26.8 Å². The van der Waals surface area contributed by atoms with Crippen LogP contribution in [-0.4, -0.2) is 36.8 Å². The van der Waals surface area contributed by atoms with E-state index in [1.165, 1.54) is 0 Å². The Bertz CT molecular complexity index is 169. The van der Waals surface area contributed by atoms with Crippen LogP contribution in [0.4, 0.5) is 13.2 Å². The van der Waals surface area contributed by atoms with Crippen LogP contribution < -0.4 is 5.73 Å². The van der Waals surface area contributed by atoms with Crippen LogP contribution in [0.15, 0.2) is 0 Å². The Hall–Kier alpha value is -0.290. The van der Waals surface area contributed by atoms with Gasteiger partial charge in [0, 0.05) is 19.1 Å². The Morgan fingerprint density at radius 1 is 1.27 bits per heavy atom. The van der Waals surface area contributed by atoms with Crippen molar-refractivity contribution in [1.82, 2.24) is 4.90 Å². The molecule has 0 bridgehead atoms. The third-order valence-electron chi connectivity index (χ3n) is 2.44. The molecular formula is C10H21F3N2. The zero-order valence-corrected chi connectivity index (χ0v) is 9.64. The maximum Gasteiger partial charge on any atom is 0.394 e. The van der Waals surface area contributed by atoms with Gasteiger partial charge in [-0.1, -0.05) is 6.92 Å². The molecule has 0 aliphatic rings. The molecule has 0 saturated heterocycles. The summed E-state index contributed by atoms with van der Waals surface area (Å²) in [6.07, 6.45) is -3.33. The number of rotatable bonds is 6. The summed E-state index contributed by atoms with van der Waals surface area (Å²) in [5.41, 5.74) is 5.16. The first-order valence-electron chi connectivity index (χ1n) is 5.33. The molecule has 0 radical (unpaired) electrons. The van der Waals surface area contributed by atoms with Crippen LogP contribution in [0.3, 0.4) is 0 Å². The zero-order chi connectivity index (χ0) is 12.1. The lowest BCUT2D eigenvalue weighted by atomic mass is 10.1. The maximum absolute atomic E-state index is 12.5. The minimum Gasteiger partial charge on any atom is -0.330 e. The van der Waals surface area contributed by atoms with Gasteiger partial charge < -0.3 is 10.6 Å². The average molecular weight is 226 g/mol. The Labute approximate surface area is 89.6 Å². The number of nitrogens with two attached hydrogens (primary N) is 1. The van der Waals surface area contributed by atoms with E-state index in [2.05, 4.69) is 0 Å². The highest BCUT2D eigenvalue weighted by Crippen LogP contribution is 2.26. The molecule has 1 atom stereocenters. The normalized spacial score (nSPS) is 15.0. The van der Waals surface area contributed by atoms with E-state index in [0.717, 1.165) is 6.42 Å². The van der Waals surface area contributed by atoms with E-state index in [-0.39, 0.29) is 19.1 Å². The van der Waals surface area contributed by atoms with E-state index in [9.17, 15) is 13.2 Å². The minimum absolute atomic E-state index is 0.00546. The van der Waals surface area contributed by atoms with Crippen molar-refractivity contribution in [3.63, 3.8) is 0 Å². The van der Waals surface area contributed by atoms with Crippen molar-refractivity contribution < 1.29 is 13.2 Å². The number of hydrogen-bond acceptors (Lipinski definition) is 2. The summed E-state index contributed by atoms with van der Waals surface area (Å²) in [5.74, 6) is -1.41. The number of alkyl halides is 3. The molecule has 5 heteroatoms. The van der Waals surface area contributed by atoms with Crippen molar-refractivity contribution in [2.75, 3.05) is 19.6 Å². The van der Waals surface area contributed by atoms with Crippen LogP contribution in [0.25, 0.3) is 0 Å². The summed E-state index contributed by atoms with van der Waals surface area (Å²) in [6.45, 7) is 6.12. The van der Waals surface area contributed by atoms with E-state index in [1.54, 1.807) is 0 Å². The van der Waals surface area contributed by atoms with Crippen molar-refractivity contribution >= 4 is 0 Å². The second-order valence-electron chi connectivity index (χ2n) is 4.06. The Balaban J connectivity index is 4.35. The van der Waals surface area contributed by atoms with E-state index >= 15 is 0 Å². The third kappa shape index (κ3) is 5.37. The van der Waals surface area contributed by atoms with Gasteiger partial charge in [-0.3, -0.25) is 0 Å². The van der Waals surface area contributed by atoms with Crippen LogP contribution in [0.1, 0.15) is 27.2 Å². The summed E-state index contributed by atoms with van der Waals surface area (Å²) in [4.78, 5) is 1.82. The summed E-state index contributed by atoms with van der Waals surface area (Å²) in [5, 5.41) is 0. The second-order valence-corrected chi connectivity index (χ2v) is 4.06. The van der Waals surface area contributed by atoms with Gasteiger partial charge in [0.1, 0.15) is 0 Å². The molecule has 0 rings (SSSR count). The summed E-state index contributed by atoms with van der Waals surface area (Å²) >= 11 is 0. The van der Waals surface area contributed by atoms with Crippen LogP contribution in [0.5, 0.6) is 0 Å². The molecule has 1 unspecified atom stereocenters. The molecule has 92 valence electrons. The first-order chi connectivity index (χ1) is 6.82. The average Bonchev–Trinajstić information content (AvgIpc) is 2.09. The predicted octanol–water partition coefficient (Wildman–Crippen LogP) is 2.24. The molecule has 0 saturated carbocycles. The number of hydrogen-bond donors (Lipinski definition) is 1. The van der Waals surface area contributed by atoms with Gasteiger partial charge >= 0.3 is 6.18 Å². The lowest BCUT2D eigenvalue weighted by Crippen LogP contribution is -2.43. The highest BCUT2D eigenvalue weighted by atomic mass is 19.4. The molecule has 0 aliphatic heterocycles. The highest BCUT2D eigenvalue weighted by molar-refractivity contribution is 4.75. The van der Waals surface area contributed by atoms with Gasteiger partial charge in [0.25, 0.3) is 0 Å². The molecule has 0 aliphatic carbocycles. The van der Waals surface area contributed by atoms with E-state index in [1.807, 2.05) is 25.7 Å². The van der Waals surface area contributed by atoms with Crippen LogP contribution in [0, 0.1) is 5.92 Å². The summed E-state index contributed by atoms with van der Waals surface area (Å²) < 4.78 is 37.4. The van der Waals surface area contributed by atoms with Crippen LogP contribution >= 0.6 is 0 Å². The second kappa shape index (κ2) is 6.33. The Kier molecular flexibility index (Phi) is 6.20. The van der Waals surface area contributed by atoms with Crippen molar-refractivity contribution in [2.45, 2.75) is 39.4 Å². The Morgan fingerprint density at radius 2 is 1.80 bits per heavy atom. The molecule has 0 aromatic carbocycles. The molecule has 0 aromatic rings. The van der Waals surface area contributed by atoms with E-state index in [4.69, 9.17) is 5.73 Å². The van der Waals surface area contributed by atoms with Crippen LogP contribution in [-0.2, 0) is 0 Å². The molecule has 0 heterocycles. The molecule has 0 aromatic heterocycles. The summed E-state index contributed by atoms with van der Waals surface area (Å²) in [6, 6.07) is 0.126. The molecule has 15 heavy (non-hydrogen) atoms. The topological polar surface area (TPSA) is 29.3 Å². The number of nitrogens with zero attached hydrogens (tertiary/aromatic N) is 1. The first-order valence-corrected chi connectivity index (χ1v) is 5.33. The van der Waals surface area contributed by atoms with E-state index < -0.39 is 12.1 Å². The smallest absolute Gasteiger partial charge is 0.330 e. The molecule has 0 fully saturated rings. The standard InChI is InChI=1S/C10H21F3N2/c1-4-5-15(8(2)3)7-9(6-14)10(11,12)13/h8-9H,4-7,14H2,1-3H3. The molecule has 0 amide bonds. The van der Waals surface area contributed by atoms with Crippen molar-refractivity contribution in [1.29, 1.82) is 0 Å². The quantitative estimate of drug-likeness (QED) is 0.752. The van der Waals surface area contributed by atoms with Crippen LogP contribution in [0.2, 0.25) is 0 Å². The lowest BCUT2D eigenvalue weighted by molar-refractivity contribution is -0.177. The van der Waals surface area contributed by atoms with E-state index in [0.29, 0.717) is 6.54 Å². The van der Waals surface area contributed by atoms with Gasteiger partial charge in [-0.2, -0.15) is 13.2 Å². The van der Waals surface area contributed by atoms with Gasteiger partial charge in [0.15, 0.2) is 0 Å². The highest BCUT2D eigenvalue weighted by Gasteiger charge is 2.39. The zero-order valence-electron chi connectivity index (χ0n) is 9.64. The molecular weight excluding hydrogens is 205 g/mol. The van der Waals surface area contributed by atoms with Crippen molar-refractivity contribution in [2.24, 2.45) is 11.7 Å². The fraction of sp³-hybridized carbons (Fsp3) is 1.00. The van der Waals surface area contributed by atoms with Crippen molar-refractivity contribution in [3.05, 3.63) is 0 Å². The number of halogens is 3. The van der Waals surface area contributed by atoms with Gasteiger partial charge in [0.05, 0.1) is 5.92 Å². The Morgan fingerprint density at radius 3 is 2.07 bits per heavy atom. The fourth-order valence-corrected chi connectivity index (χ4v) is 1.44.